The van der Waals surface area contributed by atoms with E-state index < -0.39 is 29.5 Å². The van der Waals surface area contributed by atoms with Crippen molar-refractivity contribution in [1.29, 1.82) is 0 Å². The number of hydrogen-bond donors (Lipinski definition) is 3. The molecule has 3 N–H and O–H groups in total. The first-order valence-electron chi connectivity index (χ1n) is 8.41. The summed E-state index contributed by atoms with van der Waals surface area (Å²) in [5.41, 5.74) is 0.695. The van der Waals surface area contributed by atoms with E-state index in [-0.39, 0.29) is 0 Å². The van der Waals surface area contributed by atoms with E-state index in [4.69, 9.17) is 4.74 Å². The fourth-order valence-corrected chi connectivity index (χ4v) is 2.11. The van der Waals surface area contributed by atoms with Gasteiger partial charge in [0.15, 0.2) is 0 Å². The van der Waals surface area contributed by atoms with Crippen LogP contribution in [-0.2, 0) is 9.53 Å². The summed E-state index contributed by atoms with van der Waals surface area (Å²) >= 11 is 0. The molecule has 0 aliphatic heterocycles. The van der Waals surface area contributed by atoms with Gasteiger partial charge in [-0.3, -0.25) is 9.78 Å². The largest absolute Gasteiger partial charge is 0.444 e. The van der Waals surface area contributed by atoms with E-state index in [1.165, 1.54) is 25.1 Å². The number of alkyl carbamates (subject to hydrolysis) is 1. The predicted octanol–water partition coefficient (Wildman–Crippen LogP) is 3.82. The Labute approximate surface area is 157 Å². The van der Waals surface area contributed by atoms with Gasteiger partial charge in [-0.15, -0.1) is 0 Å². The molecule has 1 heterocycles. The third-order valence-corrected chi connectivity index (χ3v) is 3.31. The Balaban J connectivity index is 2.07. The van der Waals surface area contributed by atoms with Crippen molar-refractivity contribution in [3.8, 4) is 0 Å². The van der Waals surface area contributed by atoms with E-state index in [2.05, 4.69) is 20.9 Å². The van der Waals surface area contributed by atoms with Gasteiger partial charge in [0.2, 0.25) is 5.91 Å². The number of carbonyl (C=O) groups is 2. The fourth-order valence-electron chi connectivity index (χ4n) is 2.11. The number of anilines is 3. The number of nitrogens with one attached hydrogen (secondary N) is 3. The number of halogens is 1. The molecule has 0 unspecified atom stereocenters. The van der Waals surface area contributed by atoms with Crippen molar-refractivity contribution < 1.29 is 18.7 Å². The molecule has 27 heavy (non-hydrogen) atoms. The molecule has 0 saturated heterocycles. The molecule has 7 nitrogen and oxygen atoms in total. The molecular formula is C19H23FN4O3. The van der Waals surface area contributed by atoms with E-state index in [0.717, 1.165) is 0 Å². The smallest absolute Gasteiger partial charge is 0.408 e. The number of nitrogens with zero attached hydrogens (tertiary/aromatic N) is 1. The van der Waals surface area contributed by atoms with Gasteiger partial charge < -0.3 is 20.7 Å². The van der Waals surface area contributed by atoms with Crippen LogP contribution < -0.4 is 16.0 Å². The summed E-state index contributed by atoms with van der Waals surface area (Å²) < 4.78 is 18.8. The Bertz CT molecular complexity index is 806. The average Bonchev–Trinajstić information content (AvgIpc) is 2.56. The second kappa shape index (κ2) is 8.48. The number of benzene rings is 1. The van der Waals surface area contributed by atoms with Gasteiger partial charge in [-0.2, -0.15) is 0 Å². The summed E-state index contributed by atoms with van der Waals surface area (Å²) in [5.74, 6) is -0.930. The van der Waals surface area contributed by atoms with Crippen LogP contribution in [0.1, 0.15) is 27.7 Å². The predicted molar refractivity (Wildman–Crippen MR) is 101 cm³/mol. The molecule has 144 valence electrons. The first-order chi connectivity index (χ1) is 12.6. The van der Waals surface area contributed by atoms with E-state index in [1.54, 1.807) is 45.3 Å². The Morgan fingerprint density at radius 1 is 1.19 bits per heavy atom. The second-order valence-electron chi connectivity index (χ2n) is 6.91. The van der Waals surface area contributed by atoms with Crippen LogP contribution in [0.2, 0.25) is 0 Å². The number of ether oxygens (including phenoxy) is 1. The Morgan fingerprint density at radius 2 is 1.93 bits per heavy atom. The van der Waals surface area contributed by atoms with Crippen molar-refractivity contribution in [3.05, 3.63) is 48.5 Å². The Hall–Kier alpha value is -3.16. The van der Waals surface area contributed by atoms with E-state index >= 15 is 0 Å². The summed E-state index contributed by atoms with van der Waals surface area (Å²) in [6.07, 6.45) is 2.49. The molecule has 0 spiro atoms. The highest BCUT2D eigenvalue weighted by molar-refractivity contribution is 5.99. The van der Waals surface area contributed by atoms with Gasteiger partial charge in [0.25, 0.3) is 0 Å². The maximum Gasteiger partial charge on any atom is 0.408 e. The van der Waals surface area contributed by atoms with E-state index in [1.807, 2.05) is 0 Å². The summed E-state index contributed by atoms with van der Waals surface area (Å²) in [6.45, 7) is 6.71. The third-order valence-electron chi connectivity index (χ3n) is 3.31. The van der Waals surface area contributed by atoms with Crippen LogP contribution in [-0.4, -0.2) is 28.6 Å². The molecule has 2 amide bonds. The van der Waals surface area contributed by atoms with Crippen molar-refractivity contribution >= 4 is 29.1 Å². The van der Waals surface area contributed by atoms with E-state index in [9.17, 15) is 14.0 Å². The summed E-state index contributed by atoms with van der Waals surface area (Å²) in [6, 6.07) is 6.57. The number of amides is 2. The highest BCUT2D eigenvalue weighted by Gasteiger charge is 2.21. The minimum absolute atomic E-state index is 0.362. The van der Waals surface area contributed by atoms with Crippen molar-refractivity contribution in [2.75, 3.05) is 10.6 Å². The van der Waals surface area contributed by atoms with Crippen molar-refractivity contribution in [3.63, 3.8) is 0 Å². The third kappa shape index (κ3) is 6.58. The molecular weight excluding hydrogens is 351 g/mol. The van der Waals surface area contributed by atoms with E-state index in [0.29, 0.717) is 17.1 Å². The molecule has 8 heteroatoms. The van der Waals surface area contributed by atoms with Gasteiger partial charge in [0, 0.05) is 6.20 Å². The van der Waals surface area contributed by atoms with Crippen LogP contribution in [0, 0.1) is 5.82 Å². The first kappa shape index (κ1) is 20.2. The standard InChI is InChI=1S/C19H23FN4O3/c1-12(22-18(26)27-19(2,3)4)17(25)24-15-8-7-13(20)10-16(15)23-14-6-5-9-21-11-14/h5-12,23H,1-4H3,(H,22,26)(H,24,25)/t12-/m0/s1. The minimum atomic E-state index is -0.851. The van der Waals surface area contributed by atoms with Crippen LogP contribution in [0.25, 0.3) is 0 Å². The normalized spacial score (nSPS) is 12.0. The summed E-state index contributed by atoms with van der Waals surface area (Å²) in [4.78, 5) is 28.2. The van der Waals surface area contributed by atoms with Crippen LogP contribution in [0.4, 0.5) is 26.2 Å². The molecule has 0 aliphatic carbocycles. The fraction of sp³-hybridized carbons (Fsp3) is 0.316. The molecule has 0 radical (unpaired) electrons. The van der Waals surface area contributed by atoms with Crippen LogP contribution >= 0.6 is 0 Å². The zero-order chi connectivity index (χ0) is 20.0. The molecule has 1 aromatic carbocycles. The average molecular weight is 374 g/mol. The van der Waals surface area contributed by atoms with Gasteiger partial charge in [-0.25, -0.2) is 9.18 Å². The second-order valence-corrected chi connectivity index (χ2v) is 6.91. The van der Waals surface area contributed by atoms with Crippen LogP contribution in [0.15, 0.2) is 42.7 Å². The monoisotopic (exact) mass is 374 g/mol. The number of pyridine rings is 1. The van der Waals surface area contributed by atoms with Gasteiger partial charge in [0.05, 0.1) is 23.3 Å². The maximum absolute atomic E-state index is 13.6. The summed E-state index contributed by atoms with van der Waals surface area (Å²) in [7, 11) is 0. The molecule has 2 aromatic rings. The maximum atomic E-state index is 13.6. The molecule has 0 fully saturated rings. The Morgan fingerprint density at radius 3 is 2.56 bits per heavy atom. The minimum Gasteiger partial charge on any atom is -0.444 e. The molecule has 2 rings (SSSR count). The molecule has 1 atom stereocenters. The zero-order valence-electron chi connectivity index (χ0n) is 15.7. The zero-order valence-corrected chi connectivity index (χ0v) is 15.7. The number of rotatable bonds is 5. The highest BCUT2D eigenvalue weighted by Crippen LogP contribution is 2.26. The van der Waals surface area contributed by atoms with Gasteiger partial charge in [-0.05, 0) is 58.0 Å². The Kier molecular flexibility index (Phi) is 6.33. The van der Waals surface area contributed by atoms with Crippen LogP contribution in [0.5, 0.6) is 0 Å². The molecule has 1 aromatic heterocycles. The van der Waals surface area contributed by atoms with Crippen molar-refractivity contribution in [2.24, 2.45) is 0 Å². The molecule has 0 saturated carbocycles. The number of hydrogen-bond acceptors (Lipinski definition) is 5. The van der Waals surface area contributed by atoms with Gasteiger partial charge >= 0.3 is 6.09 Å². The molecule has 0 aliphatic rings. The van der Waals surface area contributed by atoms with Gasteiger partial charge in [0.1, 0.15) is 17.5 Å². The number of carbonyl (C=O) groups excluding carboxylic acids is 2. The lowest BCUT2D eigenvalue weighted by Gasteiger charge is -2.22. The SMILES string of the molecule is C[C@H](NC(=O)OC(C)(C)C)C(=O)Nc1ccc(F)cc1Nc1cccnc1. The van der Waals surface area contributed by atoms with Gasteiger partial charge in [-0.1, -0.05) is 0 Å². The quantitative estimate of drug-likeness (QED) is 0.740. The molecule has 0 bridgehead atoms. The lowest BCUT2D eigenvalue weighted by atomic mass is 10.2. The lowest BCUT2D eigenvalue weighted by Crippen LogP contribution is -2.44. The lowest BCUT2D eigenvalue weighted by molar-refractivity contribution is -0.117. The highest BCUT2D eigenvalue weighted by atomic mass is 19.1. The summed E-state index contributed by atoms with van der Waals surface area (Å²) in [5, 5.41) is 8.13. The first-order valence-corrected chi connectivity index (χ1v) is 8.41. The van der Waals surface area contributed by atoms with Crippen molar-refractivity contribution in [1.82, 2.24) is 10.3 Å². The van der Waals surface area contributed by atoms with Crippen LogP contribution in [0.3, 0.4) is 0 Å². The van der Waals surface area contributed by atoms with Crippen molar-refractivity contribution in [2.45, 2.75) is 39.3 Å². The topological polar surface area (TPSA) is 92.3 Å². The number of aromatic nitrogens is 1.